The molecule has 0 N–H and O–H groups in total. The third-order valence-corrected chi connectivity index (χ3v) is 26.8. The lowest BCUT2D eigenvalue weighted by atomic mass is 10.0. The SMILES string of the molecule is C=Cc1ccc(-c2ccc(S(=O)(=O)[O-])cc2)cc1.C=Cc1ccc(Oc2ccc(S(=O)(=O)[O-])cc2)cc1.C=Cc1ccc(S(=O)(=O)c2c(F)c(F)c(S(=O)([O-])=NS(=O)(=O)C(F)(F)F)c(F)c2F)cc1.C=Cc1ccc(Sc2ccc(S(=O)(=O)[O-])cc2)cc1.C=Cc1ccc2cc(Oc3c(F)c(F)c(S(=O)([O-])=NS(=O)(=O)C(F)(F)F)c(F)c3F)ccc2c1. The van der Waals surface area contributed by atoms with Crippen LogP contribution in [0.4, 0.5) is 61.5 Å². The summed E-state index contributed by atoms with van der Waals surface area (Å²) < 4.78 is 415. The second-order valence-electron chi connectivity index (χ2n) is 23.5. The number of alkyl halides is 6. The lowest BCUT2D eigenvalue weighted by Gasteiger charge is -2.18. The van der Waals surface area contributed by atoms with Crippen LogP contribution in [0.3, 0.4) is 0 Å². The summed E-state index contributed by atoms with van der Waals surface area (Å²) in [5.41, 5.74) is -6.71. The molecular formula is C76H49F14N2O21S9-5. The van der Waals surface area contributed by atoms with Gasteiger partial charge in [0.05, 0.1) is 19.6 Å². The van der Waals surface area contributed by atoms with Gasteiger partial charge in [0, 0.05) is 29.8 Å². The van der Waals surface area contributed by atoms with E-state index >= 15 is 0 Å². The van der Waals surface area contributed by atoms with E-state index in [1.807, 2.05) is 60.7 Å². The molecule has 0 aliphatic rings. The Morgan fingerprint density at radius 2 is 0.566 bits per heavy atom. The van der Waals surface area contributed by atoms with Gasteiger partial charge in [-0.25, -0.2) is 60.0 Å². The molecule has 0 saturated carbocycles. The van der Waals surface area contributed by atoms with E-state index in [9.17, 15) is 143 Å². The van der Waals surface area contributed by atoms with E-state index < -0.39 is 163 Å². The van der Waals surface area contributed by atoms with Crippen molar-refractivity contribution in [1.82, 2.24) is 0 Å². The van der Waals surface area contributed by atoms with E-state index in [0.717, 1.165) is 73.5 Å². The molecule has 0 saturated heterocycles. The minimum Gasteiger partial charge on any atom is -0.759 e. The molecule has 646 valence electrons. The summed E-state index contributed by atoms with van der Waals surface area (Å²) in [6.45, 7) is 17.9. The second-order valence-corrected chi connectivity index (χ2v) is 37.4. The summed E-state index contributed by atoms with van der Waals surface area (Å²) in [5, 5.41) is 1.08. The molecule has 0 aliphatic carbocycles. The third kappa shape index (κ3) is 24.6. The van der Waals surface area contributed by atoms with Crippen molar-refractivity contribution < 1.29 is 153 Å². The number of rotatable bonds is 21. The minimum atomic E-state index is -6.92. The molecular weight excluding hydrogens is 1830 g/mol. The molecule has 11 aromatic carbocycles. The van der Waals surface area contributed by atoms with Gasteiger partial charge in [0.1, 0.15) is 62.3 Å². The van der Waals surface area contributed by atoms with Crippen LogP contribution >= 0.6 is 11.8 Å². The van der Waals surface area contributed by atoms with E-state index in [-0.39, 0.29) is 20.4 Å². The molecule has 0 heterocycles. The Morgan fingerprint density at radius 3 is 0.926 bits per heavy atom. The van der Waals surface area contributed by atoms with Crippen molar-refractivity contribution in [1.29, 1.82) is 0 Å². The van der Waals surface area contributed by atoms with Gasteiger partial charge in [-0.1, -0.05) is 166 Å². The second kappa shape index (κ2) is 38.9. The Hall–Kier alpha value is -11.3. The quantitative estimate of drug-likeness (QED) is 0.0366. The fraction of sp³-hybridized carbons (Fsp3) is 0.0263. The fourth-order valence-corrected chi connectivity index (χ4v) is 17.6. The van der Waals surface area contributed by atoms with Crippen LogP contribution in [-0.2, 0) is 80.3 Å². The number of hydrogen-bond donors (Lipinski definition) is 0. The van der Waals surface area contributed by atoms with Crippen molar-refractivity contribution >= 4 is 133 Å². The molecule has 0 bridgehead atoms. The zero-order valence-corrected chi connectivity index (χ0v) is 67.8. The Balaban J connectivity index is 0.000000215. The highest BCUT2D eigenvalue weighted by Gasteiger charge is 2.48. The molecule has 0 amide bonds. The van der Waals surface area contributed by atoms with Crippen LogP contribution in [0.15, 0.2) is 291 Å². The third-order valence-electron chi connectivity index (χ3n) is 15.4. The van der Waals surface area contributed by atoms with Crippen LogP contribution in [-0.4, -0.2) is 92.7 Å². The zero-order valence-electron chi connectivity index (χ0n) is 60.5. The Labute approximate surface area is 691 Å². The number of hydrogen-bond acceptors (Lipinski definition) is 22. The maximum atomic E-state index is 14.4. The zero-order chi connectivity index (χ0) is 91.4. The predicted octanol–water partition coefficient (Wildman–Crippen LogP) is 18.5. The van der Waals surface area contributed by atoms with Gasteiger partial charge in [-0.05, 0) is 165 Å². The van der Waals surface area contributed by atoms with Crippen LogP contribution in [0.5, 0.6) is 23.0 Å². The molecule has 0 fully saturated rings. The van der Waals surface area contributed by atoms with Gasteiger partial charge in [0.25, 0.3) is 0 Å². The summed E-state index contributed by atoms with van der Waals surface area (Å²) >= 11 is 1.49. The highest BCUT2D eigenvalue weighted by molar-refractivity contribution is 8.01. The van der Waals surface area contributed by atoms with Gasteiger partial charge in [-0.3, -0.25) is 8.42 Å². The highest BCUT2D eigenvalue weighted by Crippen LogP contribution is 2.40. The average molecular weight is 1880 g/mol. The van der Waals surface area contributed by atoms with Crippen LogP contribution in [0.25, 0.3) is 52.3 Å². The van der Waals surface area contributed by atoms with Gasteiger partial charge in [-0.15, -0.1) is 7.54 Å². The first-order chi connectivity index (χ1) is 56.4. The van der Waals surface area contributed by atoms with Crippen molar-refractivity contribution in [3.63, 3.8) is 0 Å². The molecule has 0 radical (unpaired) electrons. The predicted molar refractivity (Wildman–Crippen MR) is 414 cm³/mol. The van der Waals surface area contributed by atoms with Crippen molar-refractivity contribution in [2.24, 2.45) is 7.54 Å². The molecule has 0 spiro atoms. The summed E-state index contributed by atoms with van der Waals surface area (Å²) in [4.78, 5) is -7.56. The first-order valence-electron chi connectivity index (χ1n) is 32.3. The molecule has 0 aromatic heterocycles. The van der Waals surface area contributed by atoms with Gasteiger partial charge in [-0.2, -0.15) is 52.0 Å². The normalized spacial score (nSPS) is 12.8. The molecule has 11 rings (SSSR count). The molecule has 23 nitrogen and oxygen atoms in total. The standard InChI is InChI=1S/C19H10F7NO5S2.C15H8F7NO6S3.C14H12O4S.C14H12O3S2.C14H12O3S/c1-2-9-3-4-11-8-12(6-5-10(11)7-9)32-17-13(20)15(22)18(16(23)14(17)21)33(28,29)27-34(30,31)19(24,25)26;1-2-7-3-5-8(6-4-7)30(24,25)13-9(16)11(18)14(12(19)10(13)17)31(26,27)23-32(28,29)15(20,21)22;2*1-2-11-3-5-12(6-4-11)18-13-7-9-14(10-8-13)19(15,16)17;1-2-11-3-5-12(6-4-11)13-7-9-14(10-8-13)18(15,16)17/h2-8H,1H2,(H,27,28,29);2-6H,1H2,(H,23,26,27);2*2-10H,1H2,(H,15,16,17);2-10H,1H2,(H,15,16,17)/p-5. The van der Waals surface area contributed by atoms with E-state index in [4.69, 9.17) is 9.47 Å². The fourth-order valence-electron chi connectivity index (χ4n) is 9.42. The number of fused-ring (bicyclic) bond motifs is 1. The topological polar surface area (TPSA) is 397 Å². The smallest absolute Gasteiger partial charge is 0.519 e. The van der Waals surface area contributed by atoms with Crippen LogP contribution < -0.4 is 9.47 Å². The van der Waals surface area contributed by atoms with Gasteiger partial charge < -0.3 is 32.2 Å². The van der Waals surface area contributed by atoms with Crippen molar-refractivity contribution in [2.45, 2.75) is 55.1 Å². The minimum absolute atomic E-state index is 0.209. The number of halogens is 14. The number of sulfonamides is 2. The molecule has 46 heteroatoms. The average Bonchev–Trinajstić information content (AvgIpc) is 0.738. The van der Waals surface area contributed by atoms with E-state index in [1.165, 1.54) is 86.0 Å². The van der Waals surface area contributed by atoms with E-state index in [2.05, 4.69) is 32.9 Å². The number of benzene rings is 11. The van der Waals surface area contributed by atoms with Crippen molar-refractivity contribution in [3.05, 3.63) is 314 Å². The van der Waals surface area contributed by atoms with Crippen LogP contribution in [0.2, 0.25) is 0 Å². The highest BCUT2D eigenvalue weighted by atomic mass is 32.3. The number of sulfone groups is 1. The molecule has 122 heavy (non-hydrogen) atoms. The lowest BCUT2D eigenvalue weighted by Crippen LogP contribution is -2.23. The first-order valence-corrected chi connectivity index (χ1v) is 44.6. The molecule has 11 aromatic rings. The van der Waals surface area contributed by atoms with Crippen molar-refractivity contribution in [2.75, 3.05) is 0 Å². The number of ether oxygens (including phenoxy) is 2. The molecule has 0 aliphatic heterocycles. The first kappa shape index (κ1) is 97.9. The van der Waals surface area contributed by atoms with Gasteiger partial charge in [0.15, 0.2) is 34.9 Å². The summed E-state index contributed by atoms with van der Waals surface area (Å²) in [5.74, 6) is -23.1. The van der Waals surface area contributed by atoms with E-state index in [1.54, 1.807) is 78.9 Å². The summed E-state index contributed by atoms with van der Waals surface area (Å²) in [6.07, 6.45) is 8.02. The van der Waals surface area contributed by atoms with E-state index in [0.29, 0.717) is 27.8 Å². The van der Waals surface area contributed by atoms with Gasteiger partial charge >= 0.3 is 31.1 Å². The van der Waals surface area contributed by atoms with Gasteiger partial charge in [0.2, 0.25) is 27.2 Å². The Kier molecular flexibility index (Phi) is 31.2. The maximum Gasteiger partial charge on any atom is 0.519 e. The summed E-state index contributed by atoms with van der Waals surface area (Å²) in [7, 11) is -45.3. The van der Waals surface area contributed by atoms with Crippen molar-refractivity contribution in [3.8, 4) is 34.1 Å². The van der Waals surface area contributed by atoms with Crippen LogP contribution in [0, 0.1) is 46.5 Å². The molecule has 2 atom stereocenters. The molecule has 2 unspecified atom stereocenters. The Morgan fingerprint density at radius 1 is 0.303 bits per heavy atom. The monoisotopic (exact) mass is 1880 g/mol. The largest absolute Gasteiger partial charge is 0.759 e. The summed E-state index contributed by atoms with van der Waals surface area (Å²) in [6, 6.07) is 52.1. The maximum absolute atomic E-state index is 14.4. The lowest BCUT2D eigenvalue weighted by molar-refractivity contribution is -0.0440. The number of nitrogens with zero attached hydrogens (tertiary/aromatic N) is 2. The Bertz CT molecular complexity index is 6700. The van der Waals surface area contributed by atoms with Crippen LogP contribution in [0.1, 0.15) is 27.8 Å².